The van der Waals surface area contributed by atoms with E-state index in [9.17, 15) is 18.0 Å². The molecular formula is C32H39Cl2N3O4S. The van der Waals surface area contributed by atoms with Crippen LogP contribution in [0.4, 0.5) is 5.69 Å². The van der Waals surface area contributed by atoms with Crippen LogP contribution in [-0.4, -0.2) is 50.0 Å². The lowest BCUT2D eigenvalue weighted by atomic mass is 10.0. The lowest BCUT2D eigenvalue weighted by Gasteiger charge is -2.33. The number of carbonyl (C=O) groups excluding carboxylic acids is 2. The van der Waals surface area contributed by atoms with Crippen molar-refractivity contribution in [3.05, 3.63) is 99.5 Å². The molecule has 3 aromatic rings. The third-order valence-electron chi connectivity index (χ3n) is 7.08. The molecule has 0 bridgehead atoms. The summed E-state index contributed by atoms with van der Waals surface area (Å²) in [5.74, 6) is -0.516. The second-order valence-corrected chi connectivity index (χ2v) is 13.3. The van der Waals surface area contributed by atoms with Crippen molar-refractivity contribution in [1.29, 1.82) is 0 Å². The van der Waals surface area contributed by atoms with E-state index < -0.39 is 16.1 Å². The first kappa shape index (κ1) is 33.4. The first-order valence-electron chi connectivity index (χ1n) is 14.0. The average Bonchev–Trinajstić information content (AvgIpc) is 2.95. The molecule has 0 aliphatic carbocycles. The van der Waals surface area contributed by atoms with Crippen LogP contribution in [-0.2, 0) is 32.6 Å². The van der Waals surface area contributed by atoms with Gasteiger partial charge >= 0.3 is 0 Å². The van der Waals surface area contributed by atoms with Crippen LogP contribution in [0.5, 0.6) is 0 Å². The Morgan fingerprint density at radius 3 is 2.19 bits per heavy atom. The molecule has 0 aliphatic heterocycles. The third kappa shape index (κ3) is 9.75. The van der Waals surface area contributed by atoms with Crippen LogP contribution in [0.15, 0.2) is 72.8 Å². The van der Waals surface area contributed by atoms with Gasteiger partial charge in [0, 0.05) is 32.0 Å². The van der Waals surface area contributed by atoms with Gasteiger partial charge in [-0.3, -0.25) is 13.9 Å². The molecule has 0 fully saturated rings. The zero-order valence-electron chi connectivity index (χ0n) is 24.5. The molecule has 0 radical (unpaired) electrons. The molecule has 0 aromatic heterocycles. The van der Waals surface area contributed by atoms with E-state index in [-0.39, 0.29) is 43.8 Å². The maximum absolute atomic E-state index is 13.9. The number of benzene rings is 3. The highest BCUT2D eigenvalue weighted by molar-refractivity contribution is 7.92. The number of amides is 2. The molecule has 0 spiro atoms. The van der Waals surface area contributed by atoms with Gasteiger partial charge in [-0.15, -0.1) is 0 Å². The molecule has 3 rings (SSSR count). The van der Waals surface area contributed by atoms with E-state index in [4.69, 9.17) is 23.2 Å². The number of nitrogens with zero attached hydrogens (tertiary/aromatic N) is 2. The number of hydrogen-bond donors (Lipinski definition) is 1. The van der Waals surface area contributed by atoms with E-state index in [2.05, 4.69) is 5.32 Å². The smallest absolute Gasteiger partial charge is 0.243 e. The Labute approximate surface area is 259 Å². The number of halogens is 2. The topological polar surface area (TPSA) is 86.8 Å². The predicted molar refractivity (Wildman–Crippen MR) is 171 cm³/mol. The normalized spacial score (nSPS) is 12.8. The van der Waals surface area contributed by atoms with E-state index in [1.54, 1.807) is 35.2 Å². The number of carbonyl (C=O) groups is 2. The molecule has 2 amide bonds. The summed E-state index contributed by atoms with van der Waals surface area (Å²) in [6.45, 7) is 6.09. The minimum Gasteiger partial charge on any atom is -0.352 e. The van der Waals surface area contributed by atoms with Crippen molar-refractivity contribution in [3.8, 4) is 0 Å². The summed E-state index contributed by atoms with van der Waals surface area (Å²) in [6.07, 6.45) is 2.52. The second-order valence-electron chi connectivity index (χ2n) is 10.6. The molecule has 0 saturated carbocycles. The molecule has 10 heteroatoms. The van der Waals surface area contributed by atoms with Crippen molar-refractivity contribution >= 4 is 50.7 Å². The summed E-state index contributed by atoms with van der Waals surface area (Å²) in [7, 11) is -3.58. The van der Waals surface area contributed by atoms with Gasteiger partial charge in [0.2, 0.25) is 21.8 Å². The van der Waals surface area contributed by atoms with E-state index >= 15 is 0 Å². The molecule has 0 heterocycles. The number of hydrogen-bond acceptors (Lipinski definition) is 4. The van der Waals surface area contributed by atoms with Crippen molar-refractivity contribution in [2.24, 2.45) is 0 Å². The first-order chi connectivity index (χ1) is 19.9. The fourth-order valence-corrected chi connectivity index (χ4v) is 5.83. The Kier molecular flexibility index (Phi) is 12.3. The van der Waals surface area contributed by atoms with Crippen molar-refractivity contribution in [3.63, 3.8) is 0 Å². The van der Waals surface area contributed by atoms with Gasteiger partial charge in [0.25, 0.3) is 0 Å². The molecule has 0 saturated heterocycles. The molecule has 2 atom stereocenters. The number of anilines is 1. The van der Waals surface area contributed by atoms with E-state index in [1.165, 1.54) is 4.31 Å². The Bertz CT molecular complexity index is 1450. The summed E-state index contributed by atoms with van der Waals surface area (Å²) in [4.78, 5) is 29.2. The van der Waals surface area contributed by atoms with Crippen LogP contribution in [0, 0.1) is 6.92 Å². The SMILES string of the molecule is CCC(C)NC(=O)C(Cc1ccccc1)N(Cc1ccc(Cl)c(Cl)c1)C(=O)CCCN(c1ccc(C)cc1)S(C)(=O)=O. The van der Waals surface area contributed by atoms with Crippen LogP contribution in [0.2, 0.25) is 10.0 Å². The molecule has 3 aromatic carbocycles. The zero-order valence-corrected chi connectivity index (χ0v) is 26.8. The standard InChI is InChI=1S/C32H39Cl2N3O4S/c1-5-24(3)35-32(39)30(21-25-10-7-6-8-11-25)36(22-26-15-18-28(33)29(34)20-26)31(38)12-9-19-37(42(4,40)41)27-16-13-23(2)14-17-27/h6-8,10-11,13-18,20,24,30H,5,9,12,19,21-22H2,1-4H3,(H,35,39). The first-order valence-corrected chi connectivity index (χ1v) is 16.6. The fourth-order valence-electron chi connectivity index (χ4n) is 4.54. The monoisotopic (exact) mass is 631 g/mol. The minimum atomic E-state index is -3.58. The number of sulfonamides is 1. The summed E-state index contributed by atoms with van der Waals surface area (Å²) in [6, 6.07) is 21.0. The number of nitrogens with one attached hydrogen (secondary N) is 1. The van der Waals surface area contributed by atoms with Crippen molar-refractivity contribution in [2.45, 2.75) is 65.1 Å². The molecule has 1 N–H and O–H groups in total. The zero-order chi connectivity index (χ0) is 30.9. The quantitative estimate of drug-likeness (QED) is 0.223. The van der Waals surface area contributed by atoms with Crippen LogP contribution in [0.1, 0.15) is 49.8 Å². The molecule has 42 heavy (non-hydrogen) atoms. The van der Waals surface area contributed by atoms with Gasteiger partial charge in [0.15, 0.2) is 0 Å². The molecule has 7 nitrogen and oxygen atoms in total. The highest BCUT2D eigenvalue weighted by Crippen LogP contribution is 2.25. The van der Waals surface area contributed by atoms with Crippen LogP contribution in [0.3, 0.4) is 0 Å². The van der Waals surface area contributed by atoms with Gasteiger partial charge in [0.1, 0.15) is 6.04 Å². The van der Waals surface area contributed by atoms with Crippen molar-refractivity contribution in [2.75, 3.05) is 17.1 Å². The van der Waals surface area contributed by atoms with Crippen LogP contribution >= 0.6 is 23.2 Å². The number of rotatable bonds is 14. The van der Waals surface area contributed by atoms with Gasteiger partial charge in [-0.05, 0) is 62.1 Å². The summed E-state index contributed by atoms with van der Waals surface area (Å²) in [5, 5.41) is 3.79. The van der Waals surface area contributed by atoms with E-state index in [1.807, 2.05) is 63.2 Å². The second kappa shape index (κ2) is 15.4. The molecule has 226 valence electrons. The third-order valence-corrected chi connectivity index (χ3v) is 9.02. The molecule has 0 aliphatic rings. The highest BCUT2D eigenvalue weighted by atomic mass is 35.5. The predicted octanol–water partition coefficient (Wildman–Crippen LogP) is 6.40. The van der Waals surface area contributed by atoms with Gasteiger partial charge in [-0.25, -0.2) is 8.42 Å². The Morgan fingerprint density at radius 2 is 1.60 bits per heavy atom. The summed E-state index contributed by atoms with van der Waals surface area (Å²) in [5.41, 5.74) is 3.19. The average molecular weight is 633 g/mol. The molecule has 2 unspecified atom stereocenters. The lowest BCUT2D eigenvalue weighted by Crippen LogP contribution is -2.52. The highest BCUT2D eigenvalue weighted by Gasteiger charge is 2.31. The largest absolute Gasteiger partial charge is 0.352 e. The lowest BCUT2D eigenvalue weighted by molar-refractivity contribution is -0.141. The molecular weight excluding hydrogens is 593 g/mol. The summed E-state index contributed by atoms with van der Waals surface area (Å²) < 4.78 is 26.5. The Hall–Kier alpha value is -3.07. The van der Waals surface area contributed by atoms with Crippen molar-refractivity contribution < 1.29 is 18.0 Å². The van der Waals surface area contributed by atoms with Crippen LogP contribution in [0.25, 0.3) is 0 Å². The van der Waals surface area contributed by atoms with Crippen molar-refractivity contribution in [1.82, 2.24) is 10.2 Å². The van der Waals surface area contributed by atoms with Crippen LogP contribution < -0.4 is 9.62 Å². The minimum absolute atomic E-state index is 0.0428. The van der Waals surface area contributed by atoms with E-state index in [0.29, 0.717) is 22.2 Å². The maximum Gasteiger partial charge on any atom is 0.243 e. The van der Waals surface area contributed by atoms with Gasteiger partial charge in [-0.2, -0.15) is 0 Å². The Morgan fingerprint density at radius 1 is 0.929 bits per heavy atom. The Balaban J connectivity index is 1.91. The number of aryl methyl sites for hydroxylation is 1. The van der Waals surface area contributed by atoms with Gasteiger partial charge in [-0.1, -0.05) is 84.2 Å². The summed E-state index contributed by atoms with van der Waals surface area (Å²) >= 11 is 12.4. The van der Waals surface area contributed by atoms with Gasteiger partial charge < -0.3 is 10.2 Å². The van der Waals surface area contributed by atoms with Gasteiger partial charge in [0.05, 0.1) is 22.0 Å². The van der Waals surface area contributed by atoms with E-state index in [0.717, 1.165) is 29.4 Å². The maximum atomic E-state index is 13.9. The fraction of sp³-hybridized carbons (Fsp3) is 0.375.